The highest BCUT2D eigenvalue weighted by Crippen LogP contribution is 2.19. The molecule has 0 radical (unpaired) electrons. The Bertz CT molecular complexity index is 537. The van der Waals surface area contributed by atoms with E-state index in [9.17, 15) is 8.42 Å². The molecule has 0 heterocycles. The van der Waals surface area contributed by atoms with Crippen LogP contribution >= 0.6 is 12.2 Å². The highest BCUT2D eigenvalue weighted by molar-refractivity contribution is 7.90. The van der Waals surface area contributed by atoms with Crippen molar-refractivity contribution in [3.8, 4) is 0 Å². The molecule has 0 aliphatic carbocycles. The van der Waals surface area contributed by atoms with E-state index in [1.54, 1.807) is 24.3 Å². The molecule has 5 nitrogen and oxygen atoms in total. The molecule has 19 heavy (non-hydrogen) atoms. The van der Waals surface area contributed by atoms with Crippen molar-refractivity contribution >= 4 is 33.1 Å². The van der Waals surface area contributed by atoms with Gasteiger partial charge >= 0.3 is 10.2 Å². The average Bonchev–Trinajstić information content (AvgIpc) is 2.39. The third-order valence-corrected chi connectivity index (χ3v) is 5.20. The summed E-state index contributed by atoms with van der Waals surface area (Å²) >= 11 is 4.86. The number of rotatable bonds is 6. The lowest BCUT2D eigenvalue weighted by molar-refractivity contribution is 0.444. The molecule has 0 aromatic heterocycles. The van der Waals surface area contributed by atoms with Gasteiger partial charge in [-0.2, -0.15) is 12.7 Å². The van der Waals surface area contributed by atoms with Crippen molar-refractivity contribution in [1.82, 2.24) is 4.31 Å². The minimum Gasteiger partial charge on any atom is -0.389 e. The van der Waals surface area contributed by atoms with Crippen LogP contribution in [-0.2, 0) is 10.2 Å². The fourth-order valence-electron chi connectivity index (χ4n) is 1.69. The van der Waals surface area contributed by atoms with Gasteiger partial charge in [-0.1, -0.05) is 26.1 Å². The van der Waals surface area contributed by atoms with Crippen LogP contribution < -0.4 is 10.0 Å². The summed E-state index contributed by atoms with van der Waals surface area (Å²) in [7, 11) is -1.95. The van der Waals surface area contributed by atoms with Crippen LogP contribution in [0, 0.1) is 0 Å². The van der Waals surface area contributed by atoms with E-state index in [1.807, 2.05) is 13.8 Å². The van der Waals surface area contributed by atoms with Gasteiger partial charge in [0.05, 0.1) is 5.69 Å². The Morgan fingerprint density at radius 1 is 1.21 bits per heavy atom. The van der Waals surface area contributed by atoms with E-state index in [1.165, 1.54) is 15.7 Å². The molecule has 1 rings (SSSR count). The zero-order chi connectivity index (χ0) is 14.6. The molecular weight excluding hydrogens is 282 g/mol. The van der Waals surface area contributed by atoms with Crippen LogP contribution in [0.1, 0.15) is 19.4 Å². The first-order chi connectivity index (χ1) is 8.84. The second-order valence-corrected chi connectivity index (χ2v) is 6.37. The molecule has 2 N–H and O–H groups in total. The number of thiocarbonyl (C=S) groups is 1. The van der Waals surface area contributed by atoms with Crippen molar-refractivity contribution in [3.63, 3.8) is 0 Å². The van der Waals surface area contributed by atoms with Crippen molar-refractivity contribution < 1.29 is 8.42 Å². The van der Waals surface area contributed by atoms with E-state index in [0.29, 0.717) is 29.3 Å². The zero-order valence-corrected chi connectivity index (χ0v) is 13.0. The SMILES string of the molecule is CCN(CC)S(=O)(=O)N(C)c1ccc(C(N)=S)cc1. The van der Waals surface area contributed by atoms with Gasteiger partial charge in [-0.3, -0.25) is 4.31 Å². The highest BCUT2D eigenvalue weighted by Gasteiger charge is 2.24. The number of nitrogens with zero attached hydrogens (tertiary/aromatic N) is 2. The molecule has 0 saturated carbocycles. The molecule has 7 heteroatoms. The molecule has 106 valence electrons. The molecule has 0 amide bonds. The number of anilines is 1. The third kappa shape index (κ3) is 3.43. The molecule has 0 aliphatic heterocycles. The largest absolute Gasteiger partial charge is 0.389 e. The van der Waals surface area contributed by atoms with Crippen LogP contribution in [0.5, 0.6) is 0 Å². The van der Waals surface area contributed by atoms with Gasteiger partial charge in [0.25, 0.3) is 0 Å². The average molecular weight is 301 g/mol. The van der Waals surface area contributed by atoms with Crippen LogP contribution in [0.15, 0.2) is 24.3 Å². The maximum atomic E-state index is 12.3. The van der Waals surface area contributed by atoms with Crippen molar-refractivity contribution in [2.45, 2.75) is 13.8 Å². The Kier molecular flexibility index (Phi) is 5.28. The van der Waals surface area contributed by atoms with Crippen molar-refractivity contribution in [3.05, 3.63) is 29.8 Å². The Morgan fingerprint density at radius 3 is 2.05 bits per heavy atom. The monoisotopic (exact) mass is 301 g/mol. The standard InChI is InChI=1S/C12H19N3O2S2/c1-4-15(5-2)19(16,17)14(3)11-8-6-10(7-9-11)12(13)18/h6-9H,4-5H2,1-3H3,(H2,13,18). The first-order valence-corrected chi connectivity index (χ1v) is 7.79. The van der Waals surface area contributed by atoms with Gasteiger partial charge in [0.1, 0.15) is 4.99 Å². The molecule has 1 aromatic rings. The molecule has 0 bridgehead atoms. The molecule has 0 aliphatic rings. The summed E-state index contributed by atoms with van der Waals surface area (Å²) in [6, 6.07) is 6.81. The zero-order valence-electron chi connectivity index (χ0n) is 11.3. The molecule has 0 atom stereocenters. The molecule has 1 aromatic carbocycles. The van der Waals surface area contributed by atoms with Gasteiger partial charge in [-0.15, -0.1) is 0 Å². The summed E-state index contributed by atoms with van der Waals surface area (Å²) < 4.78 is 27.3. The lowest BCUT2D eigenvalue weighted by Gasteiger charge is -2.27. The Labute approximate surface area is 120 Å². The van der Waals surface area contributed by atoms with E-state index in [-0.39, 0.29) is 0 Å². The summed E-state index contributed by atoms with van der Waals surface area (Å²) in [6.07, 6.45) is 0. The summed E-state index contributed by atoms with van der Waals surface area (Å²) in [6.45, 7) is 4.50. The van der Waals surface area contributed by atoms with E-state index in [2.05, 4.69) is 0 Å². The minimum atomic E-state index is -3.48. The minimum absolute atomic E-state index is 0.292. The van der Waals surface area contributed by atoms with Crippen LogP contribution in [-0.4, -0.2) is 37.8 Å². The first kappa shape index (κ1) is 15.9. The van der Waals surface area contributed by atoms with Crippen molar-refractivity contribution in [2.24, 2.45) is 5.73 Å². The third-order valence-electron chi connectivity index (χ3n) is 2.89. The normalized spacial score (nSPS) is 11.6. The fraction of sp³-hybridized carbons (Fsp3) is 0.417. The predicted molar refractivity (Wildman–Crippen MR) is 82.6 cm³/mol. The summed E-state index contributed by atoms with van der Waals surface area (Å²) in [4.78, 5) is 0.292. The quantitative estimate of drug-likeness (QED) is 0.805. The molecule has 0 fully saturated rings. The molecular formula is C12H19N3O2S2. The van der Waals surface area contributed by atoms with E-state index >= 15 is 0 Å². The van der Waals surface area contributed by atoms with Crippen LogP contribution in [0.2, 0.25) is 0 Å². The molecule has 0 saturated heterocycles. The highest BCUT2D eigenvalue weighted by atomic mass is 32.2. The van der Waals surface area contributed by atoms with E-state index in [4.69, 9.17) is 18.0 Å². The lowest BCUT2D eigenvalue weighted by atomic mass is 10.2. The molecule has 0 spiro atoms. The topological polar surface area (TPSA) is 66.6 Å². The smallest absolute Gasteiger partial charge is 0.303 e. The van der Waals surface area contributed by atoms with Crippen molar-refractivity contribution in [1.29, 1.82) is 0 Å². The predicted octanol–water partition coefficient (Wildman–Crippen LogP) is 1.34. The van der Waals surface area contributed by atoms with Gasteiger partial charge in [0.15, 0.2) is 0 Å². The number of benzene rings is 1. The summed E-state index contributed by atoms with van der Waals surface area (Å²) in [5, 5.41) is 0. The van der Waals surface area contributed by atoms with Gasteiger partial charge in [-0.25, -0.2) is 0 Å². The number of hydrogen-bond donors (Lipinski definition) is 1. The van der Waals surface area contributed by atoms with Gasteiger partial charge in [0.2, 0.25) is 0 Å². The van der Waals surface area contributed by atoms with Gasteiger partial charge in [0, 0.05) is 25.7 Å². The van der Waals surface area contributed by atoms with E-state index < -0.39 is 10.2 Å². The number of nitrogens with two attached hydrogens (primary N) is 1. The number of hydrogen-bond acceptors (Lipinski definition) is 3. The second-order valence-electron chi connectivity index (χ2n) is 3.97. The second kappa shape index (κ2) is 6.31. The van der Waals surface area contributed by atoms with Crippen LogP contribution in [0.4, 0.5) is 5.69 Å². The summed E-state index contributed by atoms with van der Waals surface area (Å²) in [5.41, 5.74) is 6.80. The summed E-state index contributed by atoms with van der Waals surface area (Å²) in [5.74, 6) is 0. The van der Waals surface area contributed by atoms with Crippen molar-refractivity contribution in [2.75, 3.05) is 24.4 Å². The maximum absolute atomic E-state index is 12.3. The Hall–Kier alpha value is -1.18. The van der Waals surface area contributed by atoms with E-state index in [0.717, 1.165) is 0 Å². The van der Waals surface area contributed by atoms with Gasteiger partial charge in [-0.05, 0) is 24.3 Å². The van der Waals surface area contributed by atoms with Gasteiger partial charge < -0.3 is 5.73 Å². The van der Waals surface area contributed by atoms with Crippen LogP contribution in [0.25, 0.3) is 0 Å². The maximum Gasteiger partial charge on any atom is 0.303 e. The Morgan fingerprint density at radius 2 is 1.68 bits per heavy atom. The van der Waals surface area contributed by atoms with Crippen LogP contribution in [0.3, 0.4) is 0 Å². The molecule has 0 unspecified atom stereocenters. The first-order valence-electron chi connectivity index (χ1n) is 5.98. The lowest BCUT2D eigenvalue weighted by Crippen LogP contribution is -2.41. The Balaban J connectivity index is 3.06. The fourth-order valence-corrected chi connectivity index (χ4v) is 3.22.